The molecule has 0 aromatic heterocycles. The third kappa shape index (κ3) is 5.02. The Morgan fingerprint density at radius 1 is 1.32 bits per heavy atom. The van der Waals surface area contributed by atoms with Gasteiger partial charge in [-0.1, -0.05) is 19.6 Å². The first kappa shape index (κ1) is 18.5. The summed E-state index contributed by atoms with van der Waals surface area (Å²) in [5.41, 5.74) is 10.6. The van der Waals surface area contributed by atoms with Gasteiger partial charge >= 0.3 is 0 Å². The molecule has 0 fully saturated rings. The molecule has 0 heterocycles. The van der Waals surface area contributed by atoms with E-state index in [1.54, 1.807) is 0 Å². The second-order valence-electron chi connectivity index (χ2n) is 5.96. The van der Waals surface area contributed by atoms with E-state index in [2.05, 4.69) is 62.5 Å². The number of likely N-dealkylation sites (N-methyl/N-ethyl adjacent to an activating group) is 1. The number of nitrogens with two attached hydrogens (primary N) is 1. The highest BCUT2D eigenvalue weighted by molar-refractivity contribution is 8.00. The van der Waals surface area contributed by atoms with Gasteiger partial charge < -0.3 is 15.5 Å². The zero-order valence-corrected chi connectivity index (χ0v) is 15.5. The maximum Gasteiger partial charge on any atom is 0.0483 e. The fourth-order valence-corrected chi connectivity index (χ4v) is 3.21. The van der Waals surface area contributed by atoms with E-state index in [1.165, 1.54) is 5.69 Å². The minimum Gasteiger partial charge on any atom is -0.398 e. The van der Waals surface area contributed by atoms with E-state index in [0.717, 1.165) is 28.3 Å². The van der Waals surface area contributed by atoms with Crippen molar-refractivity contribution >= 4 is 23.1 Å². The molecule has 122 valence electrons. The van der Waals surface area contributed by atoms with E-state index in [0.29, 0.717) is 5.25 Å². The summed E-state index contributed by atoms with van der Waals surface area (Å²) >= 11 is 1.83. The van der Waals surface area contributed by atoms with Crippen molar-refractivity contribution in [1.29, 1.82) is 0 Å². The van der Waals surface area contributed by atoms with Gasteiger partial charge in [0.15, 0.2) is 0 Å². The minimum atomic E-state index is 0.453. The number of aryl methyl sites for hydroxylation is 1. The van der Waals surface area contributed by atoms with Gasteiger partial charge in [0.1, 0.15) is 0 Å². The second kappa shape index (κ2) is 8.18. The summed E-state index contributed by atoms with van der Waals surface area (Å²) < 4.78 is 0. The molecule has 22 heavy (non-hydrogen) atoms. The van der Waals surface area contributed by atoms with Crippen molar-refractivity contribution in [3.8, 4) is 0 Å². The zero-order valence-electron chi connectivity index (χ0n) is 14.7. The summed E-state index contributed by atoms with van der Waals surface area (Å²) in [6, 6.07) is 4.30. The van der Waals surface area contributed by atoms with Crippen LogP contribution in [0.3, 0.4) is 0 Å². The highest BCUT2D eigenvalue weighted by Crippen LogP contribution is 2.35. The molecule has 0 aliphatic carbocycles. The van der Waals surface area contributed by atoms with Crippen LogP contribution in [-0.2, 0) is 0 Å². The molecule has 3 nitrogen and oxygen atoms in total. The minimum absolute atomic E-state index is 0.453. The van der Waals surface area contributed by atoms with Crippen LogP contribution in [0, 0.1) is 6.92 Å². The van der Waals surface area contributed by atoms with Gasteiger partial charge in [-0.05, 0) is 37.1 Å². The molecule has 4 heteroatoms. The average molecular weight is 320 g/mol. The van der Waals surface area contributed by atoms with Gasteiger partial charge in [-0.2, -0.15) is 0 Å². The van der Waals surface area contributed by atoms with Gasteiger partial charge in [0.2, 0.25) is 0 Å². The lowest BCUT2D eigenvalue weighted by atomic mass is 10.2. The van der Waals surface area contributed by atoms with Crippen LogP contribution in [0.5, 0.6) is 0 Å². The van der Waals surface area contributed by atoms with E-state index in [9.17, 15) is 0 Å². The lowest BCUT2D eigenvalue weighted by Gasteiger charge is -2.19. The molecule has 0 bridgehead atoms. The number of allylic oxidation sites excluding steroid dienone is 2. The largest absolute Gasteiger partial charge is 0.398 e. The molecule has 2 N–H and O–H groups in total. The van der Waals surface area contributed by atoms with Crippen LogP contribution >= 0.6 is 11.8 Å². The number of rotatable bonds is 7. The van der Waals surface area contributed by atoms with Gasteiger partial charge in [-0.3, -0.25) is 0 Å². The van der Waals surface area contributed by atoms with Crippen LogP contribution < -0.4 is 10.6 Å². The zero-order chi connectivity index (χ0) is 16.9. The molecular weight excluding hydrogens is 290 g/mol. The SMILES string of the molecule is C=C/C(=C\CC(C)Sc1cc(N(C)C)cc(C)c1N)N(C)C. The van der Waals surface area contributed by atoms with Crippen molar-refractivity contribution < 1.29 is 0 Å². The Bertz CT molecular complexity index is 548. The van der Waals surface area contributed by atoms with Crippen molar-refractivity contribution in [2.75, 3.05) is 38.8 Å². The van der Waals surface area contributed by atoms with Crippen LogP contribution in [-0.4, -0.2) is 38.3 Å². The molecule has 0 aliphatic heterocycles. The predicted molar refractivity (Wildman–Crippen MR) is 102 cm³/mol. The monoisotopic (exact) mass is 319 g/mol. The third-order valence-electron chi connectivity index (χ3n) is 3.56. The number of hydrogen-bond donors (Lipinski definition) is 1. The fraction of sp³-hybridized carbons (Fsp3) is 0.444. The fourth-order valence-electron chi connectivity index (χ4n) is 2.10. The summed E-state index contributed by atoms with van der Waals surface area (Å²) in [7, 11) is 8.18. The first-order valence-electron chi connectivity index (χ1n) is 7.50. The molecule has 1 unspecified atom stereocenters. The Kier molecular flexibility index (Phi) is 6.88. The molecule has 0 saturated carbocycles. The third-order valence-corrected chi connectivity index (χ3v) is 4.75. The molecule has 0 saturated heterocycles. The van der Waals surface area contributed by atoms with Crippen molar-refractivity contribution in [3.05, 3.63) is 42.1 Å². The maximum atomic E-state index is 6.25. The lowest BCUT2D eigenvalue weighted by molar-refractivity contribution is 0.527. The maximum absolute atomic E-state index is 6.25. The number of nitrogen functional groups attached to an aromatic ring is 1. The van der Waals surface area contributed by atoms with Gasteiger partial charge in [-0.25, -0.2) is 0 Å². The summed E-state index contributed by atoms with van der Waals surface area (Å²) in [6.45, 7) is 8.16. The van der Waals surface area contributed by atoms with Crippen LogP contribution in [0.25, 0.3) is 0 Å². The Balaban J connectivity index is 2.88. The quantitative estimate of drug-likeness (QED) is 0.465. The van der Waals surface area contributed by atoms with Gasteiger partial charge in [0, 0.05) is 55.4 Å². The van der Waals surface area contributed by atoms with E-state index >= 15 is 0 Å². The van der Waals surface area contributed by atoms with Gasteiger partial charge in [-0.15, -0.1) is 11.8 Å². The van der Waals surface area contributed by atoms with E-state index in [4.69, 9.17) is 5.73 Å². The van der Waals surface area contributed by atoms with Gasteiger partial charge in [0.25, 0.3) is 0 Å². The summed E-state index contributed by atoms with van der Waals surface area (Å²) in [5.74, 6) is 0. The Morgan fingerprint density at radius 2 is 1.95 bits per heavy atom. The van der Waals surface area contributed by atoms with Crippen molar-refractivity contribution in [2.24, 2.45) is 0 Å². The van der Waals surface area contributed by atoms with Crippen LogP contribution in [0.15, 0.2) is 41.5 Å². The van der Waals surface area contributed by atoms with Crippen LogP contribution in [0.4, 0.5) is 11.4 Å². The molecule has 1 rings (SSSR count). The summed E-state index contributed by atoms with van der Waals surface area (Å²) in [4.78, 5) is 5.35. The molecular formula is C18H29N3S. The molecule has 0 radical (unpaired) electrons. The molecule has 1 aromatic rings. The Labute approximate surface area is 139 Å². The number of thioether (sulfide) groups is 1. The highest BCUT2D eigenvalue weighted by Gasteiger charge is 2.11. The average Bonchev–Trinajstić information content (AvgIpc) is 2.43. The summed E-state index contributed by atoms with van der Waals surface area (Å²) in [5, 5.41) is 0.453. The molecule has 0 aliphatic rings. The predicted octanol–water partition coefficient (Wildman–Crippen LogP) is 4.15. The van der Waals surface area contributed by atoms with Crippen LogP contribution in [0.1, 0.15) is 18.9 Å². The first-order chi connectivity index (χ1) is 10.3. The van der Waals surface area contributed by atoms with E-state index in [-0.39, 0.29) is 0 Å². The normalized spacial score (nSPS) is 12.9. The number of anilines is 2. The van der Waals surface area contributed by atoms with Crippen molar-refractivity contribution in [2.45, 2.75) is 30.4 Å². The number of nitrogens with zero attached hydrogens (tertiary/aromatic N) is 2. The van der Waals surface area contributed by atoms with E-state index < -0.39 is 0 Å². The van der Waals surface area contributed by atoms with Crippen molar-refractivity contribution in [1.82, 2.24) is 4.90 Å². The first-order valence-corrected chi connectivity index (χ1v) is 8.38. The topological polar surface area (TPSA) is 32.5 Å². The Hall–Kier alpha value is -1.55. The number of hydrogen-bond acceptors (Lipinski definition) is 4. The second-order valence-corrected chi connectivity index (χ2v) is 7.44. The summed E-state index contributed by atoms with van der Waals surface area (Å²) in [6.07, 6.45) is 5.10. The molecule has 0 spiro atoms. The van der Waals surface area contributed by atoms with Gasteiger partial charge in [0.05, 0.1) is 0 Å². The van der Waals surface area contributed by atoms with Crippen LogP contribution in [0.2, 0.25) is 0 Å². The molecule has 1 aromatic carbocycles. The smallest absolute Gasteiger partial charge is 0.0483 e. The highest BCUT2D eigenvalue weighted by atomic mass is 32.2. The molecule has 0 amide bonds. The van der Waals surface area contributed by atoms with E-state index in [1.807, 2.05) is 31.9 Å². The Morgan fingerprint density at radius 3 is 2.45 bits per heavy atom. The van der Waals surface area contributed by atoms with Crippen molar-refractivity contribution in [3.63, 3.8) is 0 Å². The lowest BCUT2D eigenvalue weighted by Crippen LogP contribution is -2.10. The molecule has 1 atom stereocenters. The standard InChI is InChI=1S/C18H29N3S/c1-8-15(20(4)5)10-9-14(3)22-17-12-16(21(6)7)11-13(2)18(17)19/h8,10-12,14H,1,9,19H2,2-7H3/b15-10+. The number of benzene rings is 1.